The van der Waals surface area contributed by atoms with Gasteiger partial charge in [0, 0.05) is 30.5 Å². The van der Waals surface area contributed by atoms with Crippen LogP contribution >= 0.6 is 15.9 Å². The van der Waals surface area contributed by atoms with Crippen molar-refractivity contribution in [1.29, 1.82) is 0 Å². The van der Waals surface area contributed by atoms with Crippen LogP contribution in [0.25, 0.3) is 0 Å². The van der Waals surface area contributed by atoms with Crippen molar-refractivity contribution in [1.82, 2.24) is 4.90 Å². The molecule has 1 amide bonds. The summed E-state index contributed by atoms with van der Waals surface area (Å²) in [5.74, 6) is 0.170. The van der Waals surface area contributed by atoms with Crippen molar-refractivity contribution < 1.29 is 4.79 Å². The normalized spacial score (nSPS) is 10.2. The fourth-order valence-corrected chi connectivity index (χ4v) is 2.11. The highest BCUT2D eigenvalue weighted by molar-refractivity contribution is 9.10. The first kappa shape index (κ1) is 14.8. The molecule has 1 aromatic rings. The predicted octanol–water partition coefficient (Wildman–Crippen LogP) is 2.70. The number of anilines is 2. The molecule has 0 aliphatic heterocycles. The Hall–Kier alpha value is -1.23. The number of carbonyl (C=O) groups excluding carboxylic acids is 1. The molecule has 0 fully saturated rings. The van der Waals surface area contributed by atoms with Gasteiger partial charge < -0.3 is 16.0 Å². The van der Waals surface area contributed by atoms with E-state index in [2.05, 4.69) is 21.2 Å². The first-order valence-corrected chi connectivity index (χ1v) is 6.94. The Bertz CT molecular complexity index is 405. The van der Waals surface area contributed by atoms with E-state index in [1.807, 2.05) is 36.9 Å². The maximum Gasteiger partial charge on any atom is 0.224 e. The first-order valence-electron chi connectivity index (χ1n) is 6.15. The van der Waals surface area contributed by atoms with Crippen LogP contribution in [-0.4, -0.2) is 30.4 Å². The van der Waals surface area contributed by atoms with Gasteiger partial charge in [-0.3, -0.25) is 4.79 Å². The van der Waals surface area contributed by atoms with E-state index in [4.69, 9.17) is 5.73 Å². The number of benzene rings is 1. The summed E-state index contributed by atoms with van der Waals surface area (Å²) >= 11 is 3.36. The zero-order valence-corrected chi connectivity index (χ0v) is 12.5. The smallest absolute Gasteiger partial charge is 0.224 e. The number of nitrogen functional groups attached to an aromatic ring is 1. The van der Waals surface area contributed by atoms with E-state index < -0.39 is 0 Å². The number of rotatable bonds is 6. The van der Waals surface area contributed by atoms with Gasteiger partial charge in [0.25, 0.3) is 0 Å². The Morgan fingerprint density at radius 3 is 2.61 bits per heavy atom. The second kappa shape index (κ2) is 7.26. The molecule has 0 saturated carbocycles. The Labute approximate surface area is 117 Å². The third-order valence-electron chi connectivity index (χ3n) is 2.78. The van der Waals surface area contributed by atoms with Crippen LogP contribution in [-0.2, 0) is 4.79 Å². The summed E-state index contributed by atoms with van der Waals surface area (Å²) in [6, 6.07) is 5.67. The van der Waals surface area contributed by atoms with Crippen molar-refractivity contribution in [2.45, 2.75) is 20.3 Å². The molecular weight excluding hydrogens is 294 g/mol. The summed E-state index contributed by atoms with van der Waals surface area (Å²) in [4.78, 5) is 13.6. The standard InChI is InChI=1S/C13H20BrN3O/c1-3-17(4-2)13(18)7-8-16-12-6-5-10(14)9-11(12)15/h5-6,9,16H,3-4,7-8,15H2,1-2H3. The maximum atomic E-state index is 11.8. The van der Waals surface area contributed by atoms with Crippen LogP contribution in [0.5, 0.6) is 0 Å². The average Bonchev–Trinajstić information content (AvgIpc) is 2.33. The number of hydrogen-bond donors (Lipinski definition) is 2. The van der Waals surface area contributed by atoms with Gasteiger partial charge in [-0.15, -0.1) is 0 Å². The maximum absolute atomic E-state index is 11.8. The molecule has 5 heteroatoms. The van der Waals surface area contributed by atoms with Gasteiger partial charge in [0.05, 0.1) is 11.4 Å². The third-order valence-corrected chi connectivity index (χ3v) is 3.28. The van der Waals surface area contributed by atoms with Gasteiger partial charge >= 0.3 is 0 Å². The summed E-state index contributed by atoms with van der Waals surface area (Å²) in [5, 5.41) is 3.18. The molecule has 4 nitrogen and oxygen atoms in total. The summed E-state index contributed by atoms with van der Waals surface area (Å²) in [7, 11) is 0. The molecule has 0 radical (unpaired) electrons. The minimum absolute atomic E-state index is 0.170. The lowest BCUT2D eigenvalue weighted by molar-refractivity contribution is -0.130. The third kappa shape index (κ3) is 4.22. The summed E-state index contributed by atoms with van der Waals surface area (Å²) in [5.41, 5.74) is 7.41. The van der Waals surface area contributed by atoms with E-state index in [1.165, 1.54) is 0 Å². The summed E-state index contributed by atoms with van der Waals surface area (Å²) in [6.45, 7) is 6.09. The summed E-state index contributed by atoms with van der Waals surface area (Å²) < 4.78 is 0.949. The average molecular weight is 314 g/mol. The van der Waals surface area contributed by atoms with E-state index in [-0.39, 0.29) is 5.91 Å². The molecule has 0 unspecified atom stereocenters. The molecule has 0 aliphatic carbocycles. The lowest BCUT2D eigenvalue weighted by atomic mass is 10.2. The molecule has 0 aliphatic rings. The van der Waals surface area contributed by atoms with Crippen LogP contribution in [0.4, 0.5) is 11.4 Å². The first-order chi connectivity index (χ1) is 8.58. The second-order valence-electron chi connectivity index (χ2n) is 3.97. The van der Waals surface area contributed by atoms with E-state index in [0.29, 0.717) is 18.7 Å². The molecule has 0 atom stereocenters. The van der Waals surface area contributed by atoms with E-state index in [9.17, 15) is 4.79 Å². The van der Waals surface area contributed by atoms with Gasteiger partial charge in [-0.1, -0.05) is 15.9 Å². The number of halogens is 1. The Kier molecular flexibility index (Phi) is 5.98. The largest absolute Gasteiger partial charge is 0.397 e. The van der Waals surface area contributed by atoms with E-state index in [0.717, 1.165) is 23.2 Å². The fourth-order valence-electron chi connectivity index (χ4n) is 1.73. The molecule has 0 aromatic heterocycles. The highest BCUT2D eigenvalue weighted by Crippen LogP contribution is 2.22. The molecule has 18 heavy (non-hydrogen) atoms. The minimum atomic E-state index is 0.170. The fraction of sp³-hybridized carbons (Fsp3) is 0.462. The van der Waals surface area contributed by atoms with Crippen LogP contribution < -0.4 is 11.1 Å². The van der Waals surface area contributed by atoms with Crippen LogP contribution in [0.1, 0.15) is 20.3 Å². The van der Waals surface area contributed by atoms with E-state index >= 15 is 0 Å². The molecule has 1 aromatic carbocycles. The van der Waals surface area contributed by atoms with Crippen molar-refractivity contribution in [2.24, 2.45) is 0 Å². The van der Waals surface area contributed by atoms with Crippen LogP contribution in [0, 0.1) is 0 Å². The number of amides is 1. The number of nitrogens with one attached hydrogen (secondary N) is 1. The van der Waals surface area contributed by atoms with Crippen LogP contribution in [0.15, 0.2) is 22.7 Å². The SMILES string of the molecule is CCN(CC)C(=O)CCNc1ccc(Br)cc1N. The lowest BCUT2D eigenvalue weighted by Gasteiger charge is -2.19. The lowest BCUT2D eigenvalue weighted by Crippen LogP contribution is -2.31. The quantitative estimate of drug-likeness (QED) is 0.794. The molecule has 0 spiro atoms. The van der Waals surface area contributed by atoms with Crippen molar-refractivity contribution in [3.05, 3.63) is 22.7 Å². The van der Waals surface area contributed by atoms with Crippen molar-refractivity contribution in [3.8, 4) is 0 Å². The van der Waals surface area contributed by atoms with Gasteiger partial charge in [-0.25, -0.2) is 0 Å². The van der Waals surface area contributed by atoms with Crippen LogP contribution in [0.2, 0.25) is 0 Å². The van der Waals surface area contributed by atoms with Crippen molar-refractivity contribution >= 4 is 33.2 Å². The zero-order valence-electron chi connectivity index (χ0n) is 10.9. The van der Waals surface area contributed by atoms with Gasteiger partial charge in [-0.2, -0.15) is 0 Å². The topological polar surface area (TPSA) is 58.4 Å². The van der Waals surface area contributed by atoms with Crippen LogP contribution in [0.3, 0.4) is 0 Å². The molecule has 100 valence electrons. The van der Waals surface area contributed by atoms with Crippen molar-refractivity contribution in [2.75, 3.05) is 30.7 Å². The van der Waals surface area contributed by atoms with Gasteiger partial charge in [-0.05, 0) is 32.0 Å². The second-order valence-corrected chi connectivity index (χ2v) is 4.89. The monoisotopic (exact) mass is 313 g/mol. The van der Waals surface area contributed by atoms with Gasteiger partial charge in [0.1, 0.15) is 0 Å². The molecule has 0 heterocycles. The molecular formula is C13H20BrN3O. The number of nitrogens with two attached hydrogens (primary N) is 1. The minimum Gasteiger partial charge on any atom is -0.397 e. The molecule has 0 saturated heterocycles. The molecule has 0 bridgehead atoms. The van der Waals surface area contributed by atoms with E-state index in [1.54, 1.807) is 0 Å². The molecule has 3 N–H and O–H groups in total. The van der Waals surface area contributed by atoms with Gasteiger partial charge in [0.2, 0.25) is 5.91 Å². The predicted molar refractivity (Wildman–Crippen MR) is 79.6 cm³/mol. The number of nitrogens with zero attached hydrogens (tertiary/aromatic N) is 1. The number of hydrogen-bond acceptors (Lipinski definition) is 3. The molecule has 1 rings (SSSR count). The Balaban J connectivity index is 2.44. The Morgan fingerprint density at radius 1 is 1.39 bits per heavy atom. The summed E-state index contributed by atoms with van der Waals surface area (Å²) in [6.07, 6.45) is 0.483. The van der Waals surface area contributed by atoms with Gasteiger partial charge in [0.15, 0.2) is 0 Å². The Morgan fingerprint density at radius 2 is 2.06 bits per heavy atom. The van der Waals surface area contributed by atoms with Crippen molar-refractivity contribution in [3.63, 3.8) is 0 Å². The zero-order chi connectivity index (χ0) is 13.5. The highest BCUT2D eigenvalue weighted by Gasteiger charge is 2.08. The highest BCUT2D eigenvalue weighted by atomic mass is 79.9. The number of carbonyl (C=O) groups is 1.